The van der Waals surface area contributed by atoms with Crippen molar-refractivity contribution < 1.29 is 4.79 Å². The Bertz CT molecular complexity index is 865. The fourth-order valence-corrected chi connectivity index (χ4v) is 4.05. The molecule has 0 spiro atoms. The number of aryl methyl sites for hydroxylation is 2. The number of amides is 1. The maximum Gasteiger partial charge on any atom is 0.234 e. The Morgan fingerprint density at radius 3 is 2.70 bits per heavy atom. The zero-order chi connectivity index (χ0) is 19.4. The van der Waals surface area contributed by atoms with Crippen LogP contribution in [-0.2, 0) is 4.79 Å². The molecule has 1 unspecified atom stereocenters. The number of nitrogens with zero attached hydrogens (tertiary/aromatic N) is 5. The van der Waals surface area contributed by atoms with Crippen molar-refractivity contribution in [3.63, 3.8) is 0 Å². The molecule has 142 valence electrons. The van der Waals surface area contributed by atoms with Crippen molar-refractivity contribution in [1.82, 2.24) is 25.5 Å². The highest BCUT2D eigenvalue weighted by Gasteiger charge is 2.35. The number of nitriles is 1. The average Bonchev–Trinajstić information content (AvgIpc) is 3.12. The Kier molecular flexibility index (Phi) is 5.80. The van der Waals surface area contributed by atoms with Gasteiger partial charge in [0.1, 0.15) is 5.54 Å². The lowest BCUT2D eigenvalue weighted by Crippen LogP contribution is -2.50. The van der Waals surface area contributed by atoms with Crippen LogP contribution in [0.4, 0.5) is 0 Å². The van der Waals surface area contributed by atoms with Crippen LogP contribution < -0.4 is 5.32 Å². The number of carbonyl (C=O) groups is 1. The first kappa shape index (κ1) is 19.4. The Morgan fingerprint density at radius 2 is 2.04 bits per heavy atom. The number of rotatable bonds is 5. The van der Waals surface area contributed by atoms with E-state index in [4.69, 9.17) is 0 Å². The molecule has 1 aliphatic rings. The molecular weight excluding hydrogens is 360 g/mol. The van der Waals surface area contributed by atoms with Crippen LogP contribution in [0.1, 0.15) is 50.2 Å². The quantitative estimate of drug-likeness (QED) is 0.796. The normalized spacial score (nSPS) is 17.1. The van der Waals surface area contributed by atoms with Gasteiger partial charge in [-0.1, -0.05) is 37.1 Å². The van der Waals surface area contributed by atoms with Crippen LogP contribution in [-0.4, -0.2) is 36.9 Å². The van der Waals surface area contributed by atoms with E-state index in [2.05, 4.69) is 33.8 Å². The number of hydrogen-bond donors (Lipinski definition) is 1. The van der Waals surface area contributed by atoms with Crippen LogP contribution >= 0.6 is 11.8 Å². The molecule has 1 aromatic carbocycles. The topological polar surface area (TPSA) is 96.5 Å². The van der Waals surface area contributed by atoms with Crippen molar-refractivity contribution in [2.45, 2.75) is 68.8 Å². The van der Waals surface area contributed by atoms with Crippen molar-refractivity contribution in [1.29, 1.82) is 5.26 Å². The first-order chi connectivity index (χ1) is 12.9. The minimum atomic E-state index is -0.732. The zero-order valence-electron chi connectivity index (χ0n) is 15.9. The van der Waals surface area contributed by atoms with Crippen LogP contribution in [0.3, 0.4) is 0 Å². The second kappa shape index (κ2) is 8.09. The molecule has 1 aliphatic carbocycles. The van der Waals surface area contributed by atoms with Crippen molar-refractivity contribution in [3.05, 3.63) is 29.3 Å². The highest BCUT2D eigenvalue weighted by Crippen LogP contribution is 2.29. The van der Waals surface area contributed by atoms with Crippen LogP contribution in [0.25, 0.3) is 5.69 Å². The molecule has 2 aromatic rings. The number of carbonyl (C=O) groups excluding carboxylic acids is 1. The van der Waals surface area contributed by atoms with Gasteiger partial charge >= 0.3 is 0 Å². The molecule has 1 atom stereocenters. The van der Waals surface area contributed by atoms with E-state index in [1.54, 1.807) is 4.68 Å². The summed E-state index contributed by atoms with van der Waals surface area (Å²) >= 11 is 1.29. The second-order valence-electron chi connectivity index (χ2n) is 7.15. The average molecular weight is 385 g/mol. The van der Waals surface area contributed by atoms with Gasteiger partial charge < -0.3 is 5.32 Å². The predicted octanol–water partition coefficient (Wildman–Crippen LogP) is 3.10. The van der Waals surface area contributed by atoms with Crippen molar-refractivity contribution in [3.8, 4) is 11.8 Å². The molecule has 0 saturated heterocycles. The Hall–Kier alpha value is -2.40. The maximum absolute atomic E-state index is 12.7. The number of thioether (sulfide) groups is 1. The standard InChI is InChI=1S/C19H24N6OS/c1-13-7-8-16(11-14(13)2)25-18(22-23-24-25)27-15(3)17(26)21-19(12-20)9-5-4-6-10-19/h7-8,11,15H,4-6,9-10H2,1-3H3,(H,21,26). The van der Waals surface area contributed by atoms with E-state index < -0.39 is 10.8 Å². The van der Waals surface area contributed by atoms with Gasteiger partial charge in [-0.15, -0.1) is 5.10 Å². The maximum atomic E-state index is 12.7. The summed E-state index contributed by atoms with van der Waals surface area (Å²) in [7, 11) is 0. The van der Waals surface area contributed by atoms with Gasteiger partial charge in [-0.3, -0.25) is 4.79 Å². The largest absolute Gasteiger partial charge is 0.337 e. The van der Waals surface area contributed by atoms with Crippen LogP contribution in [0.2, 0.25) is 0 Å². The lowest BCUT2D eigenvalue weighted by Gasteiger charge is -2.32. The number of hydrogen-bond acceptors (Lipinski definition) is 6. The van der Waals surface area contributed by atoms with Crippen molar-refractivity contribution in [2.75, 3.05) is 0 Å². The van der Waals surface area contributed by atoms with E-state index >= 15 is 0 Å². The second-order valence-corrected chi connectivity index (χ2v) is 8.45. The van der Waals surface area contributed by atoms with Crippen LogP contribution in [0.5, 0.6) is 0 Å². The zero-order valence-corrected chi connectivity index (χ0v) is 16.7. The van der Waals surface area contributed by atoms with Crippen molar-refractivity contribution >= 4 is 17.7 Å². The summed E-state index contributed by atoms with van der Waals surface area (Å²) in [6.45, 7) is 5.90. The molecule has 8 heteroatoms. The van der Waals surface area contributed by atoms with E-state index in [0.717, 1.165) is 30.5 Å². The minimum Gasteiger partial charge on any atom is -0.337 e. The van der Waals surface area contributed by atoms with E-state index in [-0.39, 0.29) is 5.91 Å². The molecule has 3 rings (SSSR count). The number of tetrazole rings is 1. The van der Waals surface area contributed by atoms with Gasteiger partial charge in [0.05, 0.1) is 17.0 Å². The summed E-state index contributed by atoms with van der Waals surface area (Å²) < 4.78 is 1.64. The lowest BCUT2D eigenvalue weighted by atomic mass is 9.83. The summed E-state index contributed by atoms with van der Waals surface area (Å²) in [5.74, 6) is -0.155. The number of nitrogens with one attached hydrogen (secondary N) is 1. The van der Waals surface area contributed by atoms with Gasteiger partial charge in [0.2, 0.25) is 11.1 Å². The molecule has 0 bridgehead atoms. The Balaban J connectivity index is 1.72. The third kappa shape index (κ3) is 4.30. The van der Waals surface area contributed by atoms with Gasteiger partial charge in [-0.05, 0) is 67.3 Å². The molecule has 1 heterocycles. The Labute approximate surface area is 163 Å². The van der Waals surface area contributed by atoms with Gasteiger partial charge in [0, 0.05) is 0 Å². The predicted molar refractivity (Wildman–Crippen MR) is 104 cm³/mol. The van der Waals surface area contributed by atoms with Crippen LogP contribution in [0, 0.1) is 25.2 Å². The molecular formula is C19H24N6OS. The highest BCUT2D eigenvalue weighted by molar-refractivity contribution is 8.00. The van der Waals surface area contributed by atoms with Gasteiger partial charge in [0.15, 0.2) is 0 Å². The molecule has 1 amide bonds. The summed E-state index contributed by atoms with van der Waals surface area (Å²) in [6.07, 6.45) is 4.50. The molecule has 1 N–H and O–H groups in total. The third-order valence-electron chi connectivity index (χ3n) is 5.11. The number of aromatic nitrogens is 4. The molecule has 0 radical (unpaired) electrons. The van der Waals surface area contributed by atoms with E-state index in [1.165, 1.54) is 17.3 Å². The lowest BCUT2D eigenvalue weighted by molar-refractivity contribution is -0.121. The van der Waals surface area contributed by atoms with E-state index in [1.807, 2.05) is 32.0 Å². The molecule has 1 saturated carbocycles. The van der Waals surface area contributed by atoms with E-state index in [9.17, 15) is 10.1 Å². The minimum absolute atomic E-state index is 0.155. The van der Waals surface area contributed by atoms with Gasteiger partial charge in [-0.2, -0.15) is 9.94 Å². The fraction of sp³-hybridized carbons (Fsp3) is 0.526. The van der Waals surface area contributed by atoms with Gasteiger partial charge in [0.25, 0.3) is 0 Å². The smallest absolute Gasteiger partial charge is 0.234 e. The SMILES string of the molecule is Cc1ccc(-n2nnnc2SC(C)C(=O)NC2(C#N)CCCCC2)cc1C. The summed E-state index contributed by atoms with van der Waals surface area (Å²) in [6, 6.07) is 8.33. The summed E-state index contributed by atoms with van der Waals surface area (Å²) in [5, 5.41) is 24.6. The highest BCUT2D eigenvalue weighted by atomic mass is 32.2. The fourth-order valence-electron chi connectivity index (χ4n) is 3.24. The molecule has 0 aliphatic heterocycles. The molecule has 27 heavy (non-hydrogen) atoms. The van der Waals surface area contributed by atoms with Gasteiger partial charge in [-0.25, -0.2) is 0 Å². The van der Waals surface area contributed by atoms with Crippen LogP contribution in [0.15, 0.2) is 23.4 Å². The summed E-state index contributed by atoms with van der Waals surface area (Å²) in [4.78, 5) is 12.7. The van der Waals surface area contributed by atoms with E-state index in [0.29, 0.717) is 18.0 Å². The number of benzene rings is 1. The monoisotopic (exact) mass is 384 g/mol. The summed E-state index contributed by atoms with van der Waals surface area (Å²) in [5.41, 5.74) is 2.48. The molecule has 7 nitrogen and oxygen atoms in total. The Morgan fingerprint density at radius 1 is 1.30 bits per heavy atom. The first-order valence-corrected chi connectivity index (χ1v) is 10.1. The first-order valence-electron chi connectivity index (χ1n) is 9.20. The molecule has 1 fully saturated rings. The third-order valence-corrected chi connectivity index (χ3v) is 6.14. The van der Waals surface area contributed by atoms with Crippen molar-refractivity contribution in [2.24, 2.45) is 0 Å². The molecule has 1 aromatic heterocycles.